The molecule has 1 aliphatic carbocycles. The lowest BCUT2D eigenvalue weighted by molar-refractivity contribution is -0.117. The largest absolute Gasteiger partial charge is 0.346 e. The molecule has 3 aromatic rings. The zero-order valence-corrected chi connectivity index (χ0v) is 15.5. The van der Waals surface area contributed by atoms with E-state index in [2.05, 4.69) is 20.7 Å². The molecule has 1 unspecified atom stereocenters. The molecule has 7 nitrogen and oxygen atoms in total. The summed E-state index contributed by atoms with van der Waals surface area (Å²) in [5, 5.41) is 9.96. The summed E-state index contributed by atoms with van der Waals surface area (Å²) in [6.45, 7) is 1.94. The van der Waals surface area contributed by atoms with Crippen LogP contribution in [0.1, 0.15) is 41.7 Å². The van der Waals surface area contributed by atoms with Crippen LogP contribution in [0.2, 0.25) is 0 Å². The summed E-state index contributed by atoms with van der Waals surface area (Å²) >= 11 is 0. The molecule has 1 heterocycles. The number of hydrogen-bond acceptors (Lipinski definition) is 4. The summed E-state index contributed by atoms with van der Waals surface area (Å²) in [5.41, 5.74) is 3.16. The van der Waals surface area contributed by atoms with Gasteiger partial charge in [-0.05, 0) is 61.7 Å². The summed E-state index contributed by atoms with van der Waals surface area (Å²) in [6, 6.07) is 14.6. The molecular formula is C21H21N5O2. The van der Waals surface area contributed by atoms with Crippen molar-refractivity contribution >= 4 is 17.5 Å². The highest BCUT2D eigenvalue weighted by Crippen LogP contribution is 2.30. The number of nitrogens with zero attached hydrogens (tertiary/aromatic N) is 3. The molecule has 0 saturated heterocycles. The number of carbonyl (C=O) groups excluding carboxylic acids is 2. The first-order chi connectivity index (χ1) is 13.6. The van der Waals surface area contributed by atoms with Crippen molar-refractivity contribution < 1.29 is 9.59 Å². The Morgan fingerprint density at radius 1 is 1.07 bits per heavy atom. The van der Waals surface area contributed by atoms with Crippen LogP contribution in [-0.2, 0) is 4.79 Å². The quantitative estimate of drug-likeness (QED) is 0.693. The van der Waals surface area contributed by atoms with E-state index in [4.69, 9.17) is 0 Å². The van der Waals surface area contributed by atoms with Crippen LogP contribution in [-0.4, -0.2) is 26.6 Å². The average molecular weight is 375 g/mol. The minimum atomic E-state index is -0.159. The van der Waals surface area contributed by atoms with Crippen molar-refractivity contribution in [3.63, 3.8) is 0 Å². The number of anilines is 1. The lowest BCUT2D eigenvalue weighted by atomic mass is 10.1. The fraction of sp³-hybridized carbons (Fsp3) is 0.238. The molecule has 4 rings (SSSR count). The Hall–Kier alpha value is -3.48. The molecule has 1 aliphatic rings. The monoisotopic (exact) mass is 375 g/mol. The van der Waals surface area contributed by atoms with E-state index in [0.29, 0.717) is 11.3 Å². The van der Waals surface area contributed by atoms with Gasteiger partial charge in [-0.1, -0.05) is 12.1 Å². The van der Waals surface area contributed by atoms with Crippen molar-refractivity contribution in [2.24, 2.45) is 5.92 Å². The lowest BCUT2D eigenvalue weighted by Crippen LogP contribution is -2.26. The molecule has 0 aliphatic heterocycles. The zero-order chi connectivity index (χ0) is 19.5. The first kappa shape index (κ1) is 17.9. The molecule has 1 saturated carbocycles. The zero-order valence-electron chi connectivity index (χ0n) is 15.5. The van der Waals surface area contributed by atoms with Gasteiger partial charge in [-0.3, -0.25) is 9.59 Å². The maximum absolute atomic E-state index is 12.5. The predicted octanol–water partition coefficient (Wildman–Crippen LogP) is 3.11. The molecule has 1 fully saturated rings. The van der Waals surface area contributed by atoms with E-state index in [1.807, 2.05) is 31.2 Å². The smallest absolute Gasteiger partial charge is 0.251 e. The molecule has 2 amide bonds. The number of amides is 2. The van der Waals surface area contributed by atoms with Gasteiger partial charge < -0.3 is 10.6 Å². The number of rotatable bonds is 6. The number of carbonyl (C=O) groups is 2. The molecule has 1 aromatic heterocycles. The summed E-state index contributed by atoms with van der Waals surface area (Å²) in [4.78, 5) is 28.2. The Balaban J connectivity index is 1.36. The van der Waals surface area contributed by atoms with Crippen LogP contribution in [0.25, 0.3) is 5.69 Å². The number of aromatic nitrogens is 3. The Bertz CT molecular complexity index is 961. The van der Waals surface area contributed by atoms with Gasteiger partial charge in [0.1, 0.15) is 12.7 Å². The van der Waals surface area contributed by atoms with E-state index in [9.17, 15) is 9.59 Å². The average Bonchev–Trinajstić information content (AvgIpc) is 3.43. The minimum absolute atomic E-state index is 0.0557. The highest BCUT2D eigenvalue weighted by atomic mass is 16.2. The van der Waals surface area contributed by atoms with Crippen molar-refractivity contribution in [1.29, 1.82) is 0 Å². The van der Waals surface area contributed by atoms with Crippen molar-refractivity contribution in [3.05, 3.63) is 72.3 Å². The Kier molecular flexibility index (Phi) is 4.89. The van der Waals surface area contributed by atoms with Crippen LogP contribution in [0, 0.1) is 5.92 Å². The molecule has 2 N–H and O–H groups in total. The standard InChI is InChI=1S/C21H21N5O2/c1-14(15-6-10-19(11-7-15)26-13-22-12-23-26)24-20(27)17-4-8-18(9-5-17)25-21(28)16-2-3-16/h4-14,16H,2-3H2,1H3,(H,24,27)(H,25,28). The molecule has 142 valence electrons. The minimum Gasteiger partial charge on any atom is -0.346 e. The maximum atomic E-state index is 12.5. The second kappa shape index (κ2) is 7.64. The van der Waals surface area contributed by atoms with E-state index in [0.717, 1.165) is 24.1 Å². The number of benzene rings is 2. The third-order valence-electron chi connectivity index (χ3n) is 4.79. The van der Waals surface area contributed by atoms with Gasteiger partial charge in [0.15, 0.2) is 0 Å². The van der Waals surface area contributed by atoms with E-state index >= 15 is 0 Å². The Morgan fingerprint density at radius 2 is 1.79 bits per heavy atom. The van der Waals surface area contributed by atoms with E-state index in [1.54, 1.807) is 35.3 Å². The summed E-state index contributed by atoms with van der Waals surface area (Å²) in [6.07, 6.45) is 5.05. The fourth-order valence-corrected chi connectivity index (χ4v) is 2.92. The third kappa shape index (κ3) is 4.09. The Labute approximate surface area is 162 Å². The molecule has 1 atom stereocenters. The molecule has 0 radical (unpaired) electrons. The highest BCUT2D eigenvalue weighted by molar-refractivity contribution is 5.96. The van der Waals surface area contributed by atoms with Gasteiger partial charge in [-0.15, -0.1) is 0 Å². The van der Waals surface area contributed by atoms with Gasteiger partial charge >= 0.3 is 0 Å². The summed E-state index contributed by atoms with van der Waals surface area (Å²) in [7, 11) is 0. The van der Waals surface area contributed by atoms with Crippen LogP contribution >= 0.6 is 0 Å². The van der Waals surface area contributed by atoms with E-state index in [-0.39, 0.29) is 23.8 Å². The predicted molar refractivity (Wildman–Crippen MR) is 105 cm³/mol. The van der Waals surface area contributed by atoms with Crippen LogP contribution in [0.4, 0.5) is 5.69 Å². The normalized spacial score (nSPS) is 14.3. The molecule has 7 heteroatoms. The summed E-state index contributed by atoms with van der Waals surface area (Å²) in [5.74, 6) is 0.0489. The molecule has 0 bridgehead atoms. The fourth-order valence-electron chi connectivity index (χ4n) is 2.92. The SMILES string of the molecule is CC(NC(=O)c1ccc(NC(=O)C2CC2)cc1)c1ccc(-n2cncn2)cc1. The van der Waals surface area contributed by atoms with Crippen LogP contribution in [0.15, 0.2) is 61.2 Å². The van der Waals surface area contributed by atoms with Gasteiger partial charge in [0.25, 0.3) is 5.91 Å². The van der Waals surface area contributed by atoms with Crippen LogP contribution < -0.4 is 10.6 Å². The number of nitrogens with one attached hydrogen (secondary N) is 2. The topological polar surface area (TPSA) is 88.9 Å². The lowest BCUT2D eigenvalue weighted by Gasteiger charge is -2.15. The molecule has 28 heavy (non-hydrogen) atoms. The van der Waals surface area contributed by atoms with Gasteiger partial charge in [-0.2, -0.15) is 5.10 Å². The van der Waals surface area contributed by atoms with Crippen molar-refractivity contribution in [3.8, 4) is 5.69 Å². The van der Waals surface area contributed by atoms with E-state index < -0.39 is 0 Å². The third-order valence-corrected chi connectivity index (χ3v) is 4.79. The first-order valence-electron chi connectivity index (χ1n) is 9.27. The van der Waals surface area contributed by atoms with Crippen molar-refractivity contribution in [2.75, 3.05) is 5.32 Å². The highest BCUT2D eigenvalue weighted by Gasteiger charge is 2.29. The second-order valence-corrected chi connectivity index (χ2v) is 6.97. The summed E-state index contributed by atoms with van der Waals surface area (Å²) < 4.78 is 1.68. The van der Waals surface area contributed by atoms with Crippen molar-refractivity contribution in [2.45, 2.75) is 25.8 Å². The van der Waals surface area contributed by atoms with Crippen molar-refractivity contribution in [1.82, 2.24) is 20.1 Å². The van der Waals surface area contributed by atoms with Gasteiger partial charge in [-0.25, -0.2) is 9.67 Å². The van der Waals surface area contributed by atoms with Gasteiger partial charge in [0.2, 0.25) is 5.91 Å². The van der Waals surface area contributed by atoms with Crippen LogP contribution in [0.5, 0.6) is 0 Å². The number of hydrogen-bond donors (Lipinski definition) is 2. The Morgan fingerprint density at radius 3 is 2.39 bits per heavy atom. The maximum Gasteiger partial charge on any atom is 0.251 e. The van der Waals surface area contributed by atoms with E-state index in [1.165, 1.54) is 6.33 Å². The van der Waals surface area contributed by atoms with Crippen LogP contribution in [0.3, 0.4) is 0 Å². The first-order valence-corrected chi connectivity index (χ1v) is 9.27. The molecule has 2 aromatic carbocycles. The second-order valence-electron chi connectivity index (χ2n) is 6.97. The van der Waals surface area contributed by atoms with Gasteiger partial charge in [0, 0.05) is 17.2 Å². The molecule has 0 spiro atoms. The molecular weight excluding hydrogens is 354 g/mol. The van der Waals surface area contributed by atoms with Gasteiger partial charge in [0.05, 0.1) is 11.7 Å².